The maximum Gasteiger partial charge on any atom is 0.182 e. The van der Waals surface area contributed by atoms with E-state index in [0.717, 1.165) is 0 Å². The normalized spacial score (nSPS) is 10.5. The molecule has 17 heavy (non-hydrogen) atoms. The highest BCUT2D eigenvalue weighted by molar-refractivity contribution is 5.98. The van der Waals surface area contributed by atoms with Gasteiger partial charge < -0.3 is 0 Å². The molecule has 0 bridgehead atoms. The second-order valence-corrected chi connectivity index (χ2v) is 3.75. The van der Waals surface area contributed by atoms with E-state index in [2.05, 4.69) is 15.4 Å². The van der Waals surface area contributed by atoms with Gasteiger partial charge in [0, 0.05) is 5.56 Å². The topological polar surface area (TPSA) is 60.7 Å². The number of hydrogen-bond acceptors (Lipinski definition) is 4. The maximum atomic E-state index is 12.9. The Hall–Kier alpha value is -2.11. The molecule has 0 saturated heterocycles. The van der Waals surface area contributed by atoms with E-state index < -0.39 is 0 Å². The van der Waals surface area contributed by atoms with Crippen molar-refractivity contribution in [1.29, 1.82) is 0 Å². The van der Waals surface area contributed by atoms with Crippen LogP contribution in [0.2, 0.25) is 0 Å². The van der Waals surface area contributed by atoms with Crippen LogP contribution in [0, 0.1) is 12.7 Å². The Balaban J connectivity index is 2.20. The van der Waals surface area contributed by atoms with Gasteiger partial charge >= 0.3 is 0 Å². The minimum atomic E-state index is -0.350. The minimum Gasteiger partial charge on any atom is -0.294 e. The highest BCUT2D eigenvalue weighted by Gasteiger charge is 2.13. The lowest BCUT2D eigenvalue weighted by Gasteiger charge is -2.02. The molecule has 0 amide bonds. The standard InChI is InChI=1S/C11H11FN4O/c1-7-5-8(12)3-4-9(7)10(17)6-11-13-15-16(2)14-11/h3-5H,6H2,1-2H3. The van der Waals surface area contributed by atoms with Crippen molar-refractivity contribution in [2.75, 3.05) is 0 Å². The molecule has 6 heteroatoms. The molecular weight excluding hydrogens is 223 g/mol. The van der Waals surface area contributed by atoms with Gasteiger partial charge in [-0.1, -0.05) is 0 Å². The molecule has 2 rings (SSSR count). The van der Waals surface area contributed by atoms with Gasteiger partial charge in [-0.25, -0.2) is 4.39 Å². The van der Waals surface area contributed by atoms with Crippen LogP contribution in [0.5, 0.6) is 0 Å². The van der Waals surface area contributed by atoms with Crippen LogP contribution in [0.4, 0.5) is 4.39 Å². The number of tetrazole rings is 1. The van der Waals surface area contributed by atoms with Gasteiger partial charge in [0.05, 0.1) is 13.5 Å². The summed E-state index contributed by atoms with van der Waals surface area (Å²) >= 11 is 0. The Morgan fingerprint density at radius 3 is 2.82 bits per heavy atom. The quantitative estimate of drug-likeness (QED) is 0.746. The van der Waals surface area contributed by atoms with E-state index in [1.165, 1.54) is 23.0 Å². The van der Waals surface area contributed by atoms with Gasteiger partial charge in [0.1, 0.15) is 5.82 Å². The second kappa shape index (κ2) is 4.40. The number of nitrogens with zero attached hydrogens (tertiary/aromatic N) is 4. The van der Waals surface area contributed by atoms with E-state index in [0.29, 0.717) is 17.0 Å². The van der Waals surface area contributed by atoms with Crippen molar-refractivity contribution in [3.63, 3.8) is 0 Å². The van der Waals surface area contributed by atoms with E-state index in [1.54, 1.807) is 14.0 Å². The number of hydrogen-bond donors (Lipinski definition) is 0. The van der Waals surface area contributed by atoms with Crippen molar-refractivity contribution in [3.05, 3.63) is 41.0 Å². The first kappa shape index (κ1) is 11.4. The van der Waals surface area contributed by atoms with Crippen LogP contribution in [0.15, 0.2) is 18.2 Å². The lowest BCUT2D eigenvalue weighted by molar-refractivity contribution is 0.0990. The summed E-state index contributed by atoms with van der Waals surface area (Å²) in [4.78, 5) is 13.2. The Labute approximate surface area is 97.3 Å². The SMILES string of the molecule is Cc1cc(F)ccc1C(=O)Cc1nnn(C)n1. The molecule has 88 valence electrons. The van der Waals surface area contributed by atoms with Crippen molar-refractivity contribution in [2.24, 2.45) is 7.05 Å². The first-order valence-electron chi connectivity index (χ1n) is 5.08. The predicted octanol–water partition coefficient (Wildman–Crippen LogP) is 1.08. The van der Waals surface area contributed by atoms with Gasteiger partial charge in [-0.2, -0.15) is 4.80 Å². The number of Topliss-reactive ketones (excluding diaryl/α,β-unsaturated/α-hetero) is 1. The van der Waals surface area contributed by atoms with Crippen LogP contribution >= 0.6 is 0 Å². The molecule has 1 aromatic heterocycles. The van der Waals surface area contributed by atoms with Crippen LogP contribution in [0.3, 0.4) is 0 Å². The maximum absolute atomic E-state index is 12.9. The zero-order valence-electron chi connectivity index (χ0n) is 9.51. The van der Waals surface area contributed by atoms with Crippen LogP contribution in [-0.2, 0) is 13.5 Å². The van der Waals surface area contributed by atoms with Crippen LogP contribution in [0.1, 0.15) is 21.7 Å². The largest absolute Gasteiger partial charge is 0.294 e. The molecule has 0 spiro atoms. The number of halogens is 1. The average Bonchev–Trinajstić information content (AvgIpc) is 2.63. The van der Waals surface area contributed by atoms with Crippen molar-refractivity contribution >= 4 is 5.78 Å². The fourth-order valence-corrected chi connectivity index (χ4v) is 1.57. The van der Waals surface area contributed by atoms with Crippen LogP contribution in [-0.4, -0.2) is 26.0 Å². The molecule has 0 atom stereocenters. The van der Waals surface area contributed by atoms with E-state index in [1.807, 2.05) is 0 Å². The zero-order chi connectivity index (χ0) is 12.4. The highest BCUT2D eigenvalue weighted by atomic mass is 19.1. The number of aryl methyl sites for hydroxylation is 2. The van der Waals surface area contributed by atoms with Gasteiger partial charge in [0.15, 0.2) is 11.6 Å². The third-order valence-corrected chi connectivity index (χ3v) is 2.36. The van der Waals surface area contributed by atoms with Crippen molar-refractivity contribution in [1.82, 2.24) is 20.2 Å². The molecular formula is C11H11FN4O. The summed E-state index contributed by atoms with van der Waals surface area (Å²) in [6.07, 6.45) is 0.0698. The summed E-state index contributed by atoms with van der Waals surface area (Å²) in [7, 11) is 1.63. The monoisotopic (exact) mass is 234 g/mol. The summed E-state index contributed by atoms with van der Waals surface area (Å²) in [5.74, 6) is -0.131. The zero-order valence-corrected chi connectivity index (χ0v) is 9.51. The molecule has 0 saturated carbocycles. The van der Waals surface area contributed by atoms with Crippen molar-refractivity contribution < 1.29 is 9.18 Å². The summed E-state index contributed by atoms with van der Waals surface area (Å²) in [6.45, 7) is 1.69. The number of ketones is 1. The summed E-state index contributed by atoms with van der Waals surface area (Å²) in [6, 6.07) is 4.07. The van der Waals surface area contributed by atoms with Crippen LogP contribution in [0.25, 0.3) is 0 Å². The number of aromatic nitrogens is 4. The molecule has 0 aliphatic heterocycles. The third kappa shape index (κ3) is 2.52. The minimum absolute atomic E-state index is 0.0698. The number of carbonyl (C=O) groups excluding carboxylic acids is 1. The lowest BCUT2D eigenvalue weighted by Crippen LogP contribution is -2.07. The van der Waals surface area contributed by atoms with E-state index >= 15 is 0 Å². The molecule has 0 unspecified atom stereocenters. The van der Waals surface area contributed by atoms with Crippen LogP contribution < -0.4 is 0 Å². The Bertz CT molecular complexity index is 564. The molecule has 1 heterocycles. The highest BCUT2D eigenvalue weighted by Crippen LogP contribution is 2.12. The lowest BCUT2D eigenvalue weighted by atomic mass is 10.0. The van der Waals surface area contributed by atoms with Gasteiger partial charge in [-0.3, -0.25) is 4.79 Å². The Morgan fingerprint density at radius 1 is 1.47 bits per heavy atom. The molecule has 0 aliphatic rings. The molecule has 1 aromatic carbocycles. The molecule has 5 nitrogen and oxygen atoms in total. The fourth-order valence-electron chi connectivity index (χ4n) is 1.57. The number of benzene rings is 1. The third-order valence-electron chi connectivity index (χ3n) is 2.36. The number of carbonyl (C=O) groups is 1. The van der Waals surface area contributed by atoms with Crippen molar-refractivity contribution in [2.45, 2.75) is 13.3 Å². The van der Waals surface area contributed by atoms with E-state index in [4.69, 9.17) is 0 Å². The van der Waals surface area contributed by atoms with Gasteiger partial charge in [0.2, 0.25) is 0 Å². The van der Waals surface area contributed by atoms with E-state index in [9.17, 15) is 9.18 Å². The Morgan fingerprint density at radius 2 is 2.24 bits per heavy atom. The first-order chi connectivity index (χ1) is 8.06. The van der Waals surface area contributed by atoms with Crippen molar-refractivity contribution in [3.8, 4) is 0 Å². The number of rotatable bonds is 3. The molecule has 0 radical (unpaired) electrons. The predicted molar refractivity (Wildman–Crippen MR) is 58.0 cm³/mol. The van der Waals surface area contributed by atoms with E-state index in [-0.39, 0.29) is 18.0 Å². The molecule has 0 aliphatic carbocycles. The smallest absolute Gasteiger partial charge is 0.182 e. The fraction of sp³-hybridized carbons (Fsp3) is 0.273. The average molecular weight is 234 g/mol. The van der Waals surface area contributed by atoms with Gasteiger partial charge in [0.25, 0.3) is 0 Å². The molecule has 2 aromatic rings. The van der Waals surface area contributed by atoms with Gasteiger partial charge in [-0.15, -0.1) is 10.2 Å². The molecule has 0 fully saturated rings. The molecule has 0 N–H and O–H groups in total. The summed E-state index contributed by atoms with van der Waals surface area (Å²) in [5.41, 5.74) is 1.10. The Kier molecular flexibility index (Phi) is 2.95. The van der Waals surface area contributed by atoms with Gasteiger partial charge in [-0.05, 0) is 35.9 Å². The second-order valence-electron chi connectivity index (χ2n) is 3.75. The summed E-state index contributed by atoms with van der Waals surface area (Å²) < 4.78 is 12.9. The first-order valence-corrected chi connectivity index (χ1v) is 5.08. The summed E-state index contributed by atoms with van der Waals surface area (Å²) in [5, 5.41) is 11.3.